The minimum atomic E-state index is 0.138. The Morgan fingerprint density at radius 1 is 1.70 bits per heavy atom. The van der Waals surface area contributed by atoms with E-state index in [-0.39, 0.29) is 5.91 Å². The normalized spacial score (nSPS) is 18.2. The minimum Gasteiger partial charge on any atom is -0.321 e. The Hall–Kier alpha value is -1.23. The lowest BCUT2D eigenvalue weighted by Gasteiger charge is -2.17. The van der Waals surface area contributed by atoms with Crippen molar-refractivity contribution in [3.8, 4) is 12.3 Å². The highest BCUT2D eigenvalue weighted by Gasteiger charge is 2.12. The summed E-state index contributed by atoms with van der Waals surface area (Å²) in [6.07, 6.45) is 8.14. The van der Waals surface area contributed by atoms with Gasteiger partial charge in [0.1, 0.15) is 0 Å². The molecule has 2 heteroatoms. The number of carbonyl (C=O) groups excluding carboxylic acids is 1. The number of hydrogen-bond donors (Lipinski definition) is 0. The molecule has 0 bridgehead atoms. The largest absolute Gasteiger partial charge is 0.321 e. The molecule has 1 rings (SSSR count). The van der Waals surface area contributed by atoms with Gasteiger partial charge in [-0.3, -0.25) is 4.79 Å². The average Bonchev–Trinajstić information content (AvgIpc) is 1.95. The highest BCUT2D eigenvalue weighted by Crippen LogP contribution is 2.12. The number of allylic oxidation sites excluding steroid dienone is 1. The Kier molecular flexibility index (Phi) is 1.77. The maximum absolute atomic E-state index is 10.9. The molecule has 0 saturated carbocycles. The molecule has 1 aliphatic heterocycles. The molecule has 52 valence electrons. The summed E-state index contributed by atoms with van der Waals surface area (Å²) in [5, 5.41) is 0. The van der Waals surface area contributed by atoms with Gasteiger partial charge in [-0.1, -0.05) is 5.92 Å². The van der Waals surface area contributed by atoms with Gasteiger partial charge in [0.05, 0.1) is 0 Å². The summed E-state index contributed by atoms with van der Waals surface area (Å²) in [5.41, 5.74) is 0.905. The molecular formula is C8H9NO. The Morgan fingerprint density at radius 2 is 2.40 bits per heavy atom. The maximum atomic E-state index is 10.9. The van der Waals surface area contributed by atoms with Gasteiger partial charge in [0.2, 0.25) is 5.91 Å². The fraction of sp³-hybridized carbons (Fsp3) is 0.375. The van der Waals surface area contributed by atoms with E-state index in [0.717, 1.165) is 12.0 Å². The average molecular weight is 135 g/mol. The van der Waals surface area contributed by atoms with Crippen LogP contribution >= 0.6 is 0 Å². The maximum Gasteiger partial charge on any atom is 0.226 e. The van der Waals surface area contributed by atoms with Crippen LogP contribution in [0.4, 0.5) is 0 Å². The zero-order valence-electron chi connectivity index (χ0n) is 5.92. The molecule has 0 unspecified atom stereocenters. The SMILES string of the molecule is C#CC1=CN(C)C(=O)CC1. The van der Waals surface area contributed by atoms with Crippen molar-refractivity contribution in [2.45, 2.75) is 12.8 Å². The van der Waals surface area contributed by atoms with Gasteiger partial charge in [0.15, 0.2) is 0 Å². The molecule has 0 aromatic rings. The van der Waals surface area contributed by atoms with Crippen LogP contribution in [0.15, 0.2) is 11.8 Å². The van der Waals surface area contributed by atoms with Crippen molar-refractivity contribution in [2.75, 3.05) is 7.05 Å². The van der Waals surface area contributed by atoms with E-state index in [1.54, 1.807) is 18.1 Å². The van der Waals surface area contributed by atoms with E-state index >= 15 is 0 Å². The van der Waals surface area contributed by atoms with Crippen molar-refractivity contribution >= 4 is 5.91 Å². The van der Waals surface area contributed by atoms with Gasteiger partial charge in [-0.05, 0) is 6.42 Å². The highest BCUT2D eigenvalue weighted by atomic mass is 16.2. The van der Waals surface area contributed by atoms with Gasteiger partial charge in [0.25, 0.3) is 0 Å². The molecule has 0 N–H and O–H groups in total. The topological polar surface area (TPSA) is 20.3 Å². The van der Waals surface area contributed by atoms with E-state index in [1.165, 1.54) is 0 Å². The summed E-state index contributed by atoms with van der Waals surface area (Å²) in [5.74, 6) is 2.66. The van der Waals surface area contributed by atoms with Crippen molar-refractivity contribution in [2.24, 2.45) is 0 Å². The fourth-order valence-electron chi connectivity index (χ4n) is 0.898. The van der Waals surface area contributed by atoms with E-state index < -0.39 is 0 Å². The summed E-state index contributed by atoms with van der Waals surface area (Å²) < 4.78 is 0. The monoisotopic (exact) mass is 135 g/mol. The molecule has 1 amide bonds. The number of terminal acetylenes is 1. The zero-order chi connectivity index (χ0) is 7.56. The lowest BCUT2D eigenvalue weighted by molar-refractivity contribution is -0.128. The molecule has 0 saturated heterocycles. The first kappa shape index (κ1) is 6.88. The number of rotatable bonds is 0. The molecular weight excluding hydrogens is 126 g/mol. The predicted octanol–water partition coefficient (Wildman–Crippen LogP) is 0.756. The second-order valence-corrected chi connectivity index (χ2v) is 2.30. The van der Waals surface area contributed by atoms with Gasteiger partial charge in [-0.25, -0.2) is 0 Å². The lowest BCUT2D eigenvalue weighted by Crippen LogP contribution is -2.24. The number of amides is 1. The molecule has 1 heterocycles. The lowest BCUT2D eigenvalue weighted by atomic mass is 10.1. The first-order chi connectivity index (χ1) is 4.74. The summed E-state index contributed by atoms with van der Waals surface area (Å²) in [4.78, 5) is 12.4. The van der Waals surface area contributed by atoms with Crippen molar-refractivity contribution < 1.29 is 4.79 Å². The number of hydrogen-bond acceptors (Lipinski definition) is 1. The Labute approximate surface area is 60.5 Å². The molecule has 0 spiro atoms. The molecule has 10 heavy (non-hydrogen) atoms. The Morgan fingerprint density at radius 3 is 2.90 bits per heavy atom. The number of carbonyl (C=O) groups is 1. The van der Waals surface area contributed by atoms with Gasteiger partial charge in [-0.2, -0.15) is 0 Å². The van der Waals surface area contributed by atoms with Crippen molar-refractivity contribution in [1.29, 1.82) is 0 Å². The zero-order valence-corrected chi connectivity index (χ0v) is 5.92. The van der Waals surface area contributed by atoms with Crippen LogP contribution in [-0.2, 0) is 4.79 Å². The van der Waals surface area contributed by atoms with Crippen molar-refractivity contribution in [3.05, 3.63) is 11.8 Å². The Bertz CT molecular complexity index is 222. The van der Waals surface area contributed by atoms with E-state index in [9.17, 15) is 4.79 Å². The molecule has 0 aromatic heterocycles. The smallest absolute Gasteiger partial charge is 0.226 e. The first-order valence-electron chi connectivity index (χ1n) is 3.17. The second kappa shape index (κ2) is 2.57. The third-order valence-electron chi connectivity index (χ3n) is 1.54. The van der Waals surface area contributed by atoms with E-state index in [0.29, 0.717) is 6.42 Å². The minimum absolute atomic E-state index is 0.138. The van der Waals surface area contributed by atoms with Gasteiger partial charge in [-0.15, -0.1) is 6.42 Å². The van der Waals surface area contributed by atoms with E-state index in [1.807, 2.05) is 0 Å². The van der Waals surface area contributed by atoms with Crippen LogP contribution in [0, 0.1) is 12.3 Å². The highest BCUT2D eigenvalue weighted by molar-refractivity contribution is 5.78. The van der Waals surface area contributed by atoms with Gasteiger partial charge >= 0.3 is 0 Å². The van der Waals surface area contributed by atoms with E-state index in [2.05, 4.69) is 5.92 Å². The molecule has 0 aromatic carbocycles. The van der Waals surface area contributed by atoms with Crippen LogP contribution < -0.4 is 0 Å². The van der Waals surface area contributed by atoms with Gasteiger partial charge in [0, 0.05) is 25.2 Å². The van der Waals surface area contributed by atoms with Crippen LogP contribution in [0.1, 0.15) is 12.8 Å². The summed E-state index contributed by atoms with van der Waals surface area (Å²) in [6.45, 7) is 0. The summed E-state index contributed by atoms with van der Waals surface area (Å²) in [7, 11) is 1.72. The van der Waals surface area contributed by atoms with Crippen LogP contribution in [-0.4, -0.2) is 17.9 Å². The third kappa shape index (κ3) is 1.19. The first-order valence-corrected chi connectivity index (χ1v) is 3.17. The summed E-state index contributed by atoms with van der Waals surface area (Å²) in [6, 6.07) is 0. The fourth-order valence-corrected chi connectivity index (χ4v) is 0.898. The molecule has 0 radical (unpaired) electrons. The molecule has 2 nitrogen and oxygen atoms in total. The quantitative estimate of drug-likeness (QED) is 0.449. The standard InChI is InChI=1S/C8H9NO/c1-3-7-4-5-8(10)9(2)6-7/h1,6H,4-5H2,2H3. The molecule has 0 atom stereocenters. The Balaban J connectivity index is 2.77. The molecule has 0 aliphatic carbocycles. The predicted molar refractivity (Wildman–Crippen MR) is 38.9 cm³/mol. The van der Waals surface area contributed by atoms with Crippen LogP contribution in [0.2, 0.25) is 0 Å². The number of nitrogens with zero attached hydrogens (tertiary/aromatic N) is 1. The van der Waals surface area contributed by atoms with Crippen LogP contribution in [0.3, 0.4) is 0 Å². The van der Waals surface area contributed by atoms with Crippen LogP contribution in [0.25, 0.3) is 0 Å². The molecule has 1 aliphatic rings. The third-order valence-corrected chi connectivity index (χ3v) is 1.54. The van der Waals surface area contributed by atoms with Crippen LogP contribution in [0.5, 0.6) is 0 Å². The van der Waals surface area contributed by atoms with Crippen molar-refractivity contribution in [3.63, 3.8) is 0 Å². The van der Waals surface area contributed by atoms with Crippen molar-refractivity contribution in [1.82, 2.24) is 4.90 Å². The second-order valence-electron chi connectivity index (χ2n) is 2.30. The summed E-state index contributed by atoms with van der Waals surface area (Å²) >= 11 is 0. The van der Waals surface area contributed by atoms with E-state index in [4.69, 9.17) is 6.42 Å². The van der Waals surface area contributed by atoms with Gasteiger partial charge < -0.3 is 4.90 Å². The molecule has 0 fully saturated rings.